The summed E-state index contributed by atoms with van der Waals surface area (Å²) >= 11 is 0. The second-order valence-electron chi connectivity index (χ2n) is 14.7. The van der Waals surface area contributed by atoms with Gasteiger partial charge in [-0.2, -0.15) is 0 Å². The van der Waals surface area contributed by atoms with Crippen LogP contribution in [-0.4, -0.2) is 21.8 Å². The van der Waals surface area contributed by atoms with Gasteiger partial charge < -0.3 is 10.2 Å². The number of rotatable bonds is 6. The Labute approximate surface area is 235 Å². The molecule has 0 radical (unpaired) electrons. The Morgan fingerprint density at radius 2 is 0.744 bits per heavy atom. The molecule has 0 saturated carbocycles. The molecule has 0 atom stereocenters. The molecule has 0 aliphatic heterocycles. The summed E-state index contributed by atoms with van der Waals surface area (Å²) in [6, 6.07) is 7.09. The average Bonchev–Trinajstić information content (AvgIpc) is 2.77. The van der Waals surface area contributed by atoms with Crippen LogP contribution < -0.4 is 0 Å². The Hall–Kier alpha value is -3.14. The molecule has 0 aromatic heterocycles. The van der Waals surface area contributed by atoms with E-state index >= 15 is 0 Å². The lowest BCUT2D eigenvalue weighted by atomic mass is 9.64. The molecule has 2 N–H and O–H groups in total. The van der Waals surface area contributed by atoms with Gasteiger partial charge in [0.15, 0.2) is 11.6 Å². The monoisotopic (exact) mass is 532 g/mol. The van der Waals surface area contributed by atoms with Crippen molar-refractivity contribution >= 4 is 11.6 Å². The predicted molar refractivity (Wildman–Crippen MR) is 162 cm³/mol. The van der Waals surface area contributed by atoms with Crippen LogP contribution in [0.4, 0.5) is 0 Å². The average molecular weight is 533 g/mol. The van der Waals surface area contributed by atoms with Crippen molar-refractivity contribution in [3.05, 3.63) is 83.0 Å². The van der Waals surface area contributed by atoms with E-state index in [0.717, 1.165) is 0 Å². The molecule has 2 aromatic carbocycles. The zero-order valence-corrected chi connectivity index (χ0v) is 26.1. The highest BCUT2D eigenvalue weighted by Gasteiger charge is 2.48. The lowest BCUT2D eigenvalue weighted by Crippen LogP contribution is -2.44. The number of hydrogen-bond acceptors (Lipinski definition) is 4. The Morgan fingerprint density at radius 3 is 0.897 bits per heavy atom. The van der Waals surface area contributed by atoms with E-state index in [2.05, 4.69) is 13.2 Å². The highest BCUT2D eigenvalue weighted by molar-refractivity contribution is 6.23. The molecule has 0 aliphatic rings. The lowest BCUT2D eigenvalue weighted by molar-refractivity contribution is -0.128. The highest BCUT2D eigenvalue weighted by atomic mass is 16.3. The van der Waals surface area contributed by atoms with E-state index in [0.29, 0.717) is 33.4 Å². The zero-order chi connectivity index (χ0) is 30.5. The van der Waals surface area contributed by atoms with E-state index in [1.165, 1.54) is 12.2 Å². The summed E-state index contributed by atoms with van der Waals surface area (Å²) in [6.07, 6.45) is 2.37. The van der Waals surface area contributed by atoms with Gasteiger partial charge in [0, 0.05) is 0 Å². The zero-order valence-electron chi connectivity index (χ0n) is 26.1. The first-order chi connectivity index (χ1) is 17.4. The number of hydrogen-bond donors (Lipinski definition) is 2. The third kappa shape index (κ3) is 5.76. The van der Waals surface area contributed by atoms with Gasteiger partial charge in [0.1, 0.15) is 16.9 Å². The van der Waals surface area contributed by atoms with Crippen LogP contribution in [0.3, 0.4) is 0 Å². The molecule has 0 heterocycles. The Bertz CT molecular complexity index is 1140. The number of allylic oxidation sites excluding steroid dienone is 2. The first kappa shape index (κ1) is 32.1. The van der Waals surface area contributed by atoms with Gasteiger partial charge in [-0.15, -0.1) is 0 Å². The van der Waals surface area contributed by atoms with Crippen LogP contribution in [0.25, 0.3) is 0 Å². The predicted octanol–water partition coefficient (Wildman–Crippen LogP) is 8.08. The topological polar surface area (TPSA) is 74.6 Å². The van der Waals surface area contributed by atoms with Crippen molar-refractivity contribution < 1.29 is 19.8 Å². The molecule has 2 rings (SSSR count). The summed E-state index contributed by atoms with van der Waals surface area (Å²) in [5.41, 5.74) is -0.336. The van der Waals surface area contributed by atoms with Crippen LogP contribution in [0.1, 0.15) is 116 Å². The third-order valence-electron chi connectivity index (χ3n) is 7.43. The van der Waals surface area contributed by atoms with Gasteiger partial charge in [0.2, 0.25) is 0 Å². The van der Waals surface area contributed by atoms with E-state index in [1.54, 1.807) is 24.3 Å². The first-order valence-corrected chi connectivity index (χ1v) is 13.6. The molecule has 212 valence electrons. The third-order valence-corrected chi connectivity index (χ3v) is 7.43. The van der Waals surface area contributed by atoms with E-state index in [1.807, 2.05) is 83.1 Å². The summed E-state index contributed by atoms with van der Waals surface area (Å²) in [5.74, 6) is -0.686. The van der Waals surface area contributed by atoms with Gasteiger partial charge in [0.05, 0.1) is 0 Å². The molecular formula is C35H48O4. The van der Waals surface area contributed by atoms with E-state index in [-0.39, 0.29) is 11.5 Å². The largest absolute Gasteiger partial charge is 0.507 e. The van der Waals surface area contributed by atoms with Crippen molar-refractivity contribution in [3.63, 3.8) is 0 Å². The van der Waals surface area contributed by atoms with Crippen LogP contribution in [0, 0.1) is 0 Å². The van der Waals surface area contributed by atoms with Crippen molar-refractivity contribution in [2.75, 3.05) is 0 Å². The van der Waals surface area contributed by atoms with Gasteiger partial charge in [-0.1, -0.05) is 96.2 Å². The van der Waals surface area contributed by atoms with Crippen molar-refractivity contribution in [2.45, 2.75) is 110 Å². The molecule has 0 amide bonds. The molecule has 0 unspecified atom stereocenters. The molecule has 0 bridgehead atoms. The number of phenols is 2. The Kier molecular flexibility index (Phi) is 8.32. The number of aromatic hydroxyl groups is 2. The van der Waals surface area contributed by atoms with Crippen molar-refractivity contribution in [1.82, 2.24) is 0 Å². The van der Waals surface area contributed by atoms with Crippen LogP contribution >= 0.6 is 0 Å². The van der Waals surface area contributed by atoms with Gasteiger partial charge in [-0.3, -0.25) is 9.59 Å². The fourth-order valence-corrected chi connectivity index (χ4v) is 5.15. The van der Waals surface area contributed by atoms with Crippen LogP contribution in [0.5, 0.6) is 11.5 Å². The van der Waals surface area contributed by atoms with E-state index < -0.39 is 38.6 Å². The smallest absolute Gasteiger partial charge is 0.177 e. The molecular weight excluding hydrogens is 484 g/mol. The molecule has 0 saturated heterocycles. The number of ketones is 2. The Balaban J connectivity index is 3.38. The molecule has 2 aromatic rings. The van der Waals surface area contributed by atoms with Crippen LogP contribution in [0.15, 0.2) is 49.6 Å². The van der Waals surface area contributed by atoms with Gasteiger partial charge in [0.25, 0.3) is 0 Å². The molecule has 0 fully saturated rings. The van der Waals surface area contributed by atoms with Gasteiger partial charge >= 0.3 is 0 Å². The van der Waals surface area contributed by atoms with E-state index in [9.17, 15) is 19.8 Å². The number of carbonyl (C=O) groups is 2. The minimum absolute atomic E-state index is 0.154. The van der Waals surface area contributed by atoms with Crippen molar-refractivity contribution in [3.8, 4) is 11.5 Å². The van der Waals surface area contributed by atoms with Gasteiger partial charge in [-0.05, 0) is 91.5 Å². The number of carbonyl (C=O) groups excluding carboxylic acids is 2. The minimum Gasteiger partial charge on any atom is -0.507 e. The Morgan fingerprint density at radius 1 is 0.538 bits per heavy atom. The molecule has 4 heteroatoms. The van der Waals surface area contributed by atoms with Crippen LogP contribution in [-0.2, 0) is 36.7 Å². The van der Waals surface area contributed by atoms with Crippen LogP contribution in [0.2, 0.25) is 0 Å². The quantitative estimate of drug-likeness (QED) is 0.291. The molecule has 39 heavy (non-hydrogen) atoms. The summed E-state index contributed by atoms with van der Waals surface area (Å²) in [7, 11) is 0. The number of phenolic OH excluding ortho intramolecular Hbond substituents is 2. The second kappa shape index (κ2) is 10.1. The fraction of sp³-hybridized carbons (Fsp3) is 0.486. The first-order valence-electron chi connectivity index (χ1n) is 13.6. The SMILES string of the molecule is C=CC(=O)C(C(=O)C=C)(c1cc(C(C)(C)C)c(O)c(C(C)(C)C)c1)c1cc(C(C)(C)C)c(O)c(C(C)(C)C)c1. The normalized spacial score (nSPS) is 13.2. The molecule has 0 spiro atoms. The van der Waals surface area contributed by atoms with E-state index in [4.69, 9.17) is 0 Å². The maximum absolute atomic E-state index is 14.1. The second-order valence-corrected chi connectivity index (χ2v) is 14.7. The van der Waals surface area contributed by atoms with Gasteiger partial charge in [-0.25, -0.2) is 0 Å². The summed E-state index contributed by atoms with van der Waals surface area (Å²) < 4.78 is 0. The standard InChI is InChI=1S/C35H48O4/c1-15-27(36)35(28(37)16-2,21-17-23(31(3,4)5)29(38)24(18-21)32(6,7)8)22-19-25(33(9,10)11)30(39)26(20-22)34(12,13)14/h15-20,38-39H,1-2H2,3-14H3. The highest BCUT2D eigenvalue weighted by Crippen LogP contribution is 2.48. The summed E-state index contributed by atoms with van der Waals surface area (Å²) in [4.78, 5) is 28.3. The van der Waals surface area contributed by atoms with Crippen molar-refractivity contribution in [2.24, 2.45) is 0 Å². The maximum atomic E-state index is 14.1. The maximum Gasteiger partial charge on any atom is 0.177 e. The minimum atomic E-state index is -1.81. The van der Waals surface area contributed by atoms with Crippen molar-refractivity contribution in [1.29, 1.82) is 0 Å². The summed E-state index contributed by atoms with van der Waals surface area (Å²) in [5, 5.41) is 22.8. The molecule has 4 nitrogen and oxygen atoms in total. The fourth-order valence-electron chi connectivity index (χ4n) is 5.15. The number of benzene rings is 2. The summed E-state index contributed by atoms with van der Waals surface area (Å²) in [6.45, 7) is 31.4. The molecule has 0 aliphatic carbocycles. The lowest BCUT2D eigenvalue weighted by Gasteiger charge is -2.37.